The van der Waals surface area contributed by atoms with Gasteiger partial charge in [0.05, 0.1) is 14.2 Å². The predicted octanol–water partition coefficient (Wildman–Crippen LogP) is 2.55. The quantitative estimate of drug-likeness (QED) is 0.741. The van der Waals surface area contributed by atoms with E-state index < -0.39 is 0 Å². The van der Waals surface area contributed by atoms with Crippen LogP contribution in [0.15, 0.2) is 12.1 Å². The first-order valence-corrected chi connectivity index (χ1v) is 6.20. The molecule has 0 aliphatic carbocycles. The number of hydrogen-bond acceptors (Lipinski definition) is 3. The summed E-state index contributed by atoms with van der Waals surface area (Å²) in [5.74, 6) is 1.82. The Balaban J connectivity index is 2.93. The maximum absolute atomic E-state index is 5.51. The standard InChI is InChI=1S/C14H23NO2/c1-4-11-9-12(7-5-6-8-15)14(17-3)10-13(11)16-2/h9-10H,4-8,15H2,1-3H3. The molecule has 3 nitrogen and oxygen atoms in total. The van der Waals surface area contributed by atoms with Crippen LogP contribution in [0.3, 0.4) is 0 Å². The van der Waals surface area contributed by atoms with Crippen LogP contribution in [0.4, 0.5) is 0 Å². The van der Waals surface area contributed by atoms with Crippen molar-refractivity contribution in [3.05, 3.63) is 23.3 Å². The minimum absolute atomic E-state index is 0.749. The molecule has 0 spiro atoms. The monoisotopic (exact) mass is 237 g/mol. The van der Waals surface area contributed by atoms with E-state index in [2.05, 4.69) is 13.0 Å². The second-order valence-electron chi connectivity index (χ2n) is 4.08. The lowest BCUT2D eigenvalue weighted by molar-refractivity contribution is 0.387. The zero-order chi connectivity index (χ0) is 12.7. The van der Waals surface area contributed by atoms with Gasteiger partial charge in [-0.2, -0.15) is 0 Å². The van der Waals surface area contributed by atoms with Gasteiger partial charge in [-0.3, -0.25) is 0 Å². The number of ether oxygens (including phenoxy) is 2. The van der Waals surface area contributed by atoms with Crippen LogP contribution in [0.1, 0.15) is 30.9 Å². The summed E-state index contributed by atoms with van der Waals surface area (Å²) in [6, 6.07) is 4.17. The topological polar surface area (TPSA) is 44.5 Å². The molecule has 0 saturated heterocycles. The number of aryl methyl sites for hydroxylation is 2. The first-order valence-electron chi connectivity index (χ1n) is 6.20. The van der Waals surface area contributed by atoms with Gasteiger partial charge in [0.25, 0.3) is 0 Å². The van der Waals surface area contributed by atoms with E-state index in [4.69, 9.17) is 15.2 Å². The average molecular weight is 237 g/mol. The molecule has 17 heavy (non-hydrogen) atoms. The van der Waals surface area contributed by atoms with Gasteiger partial charge in [-0.1, -0.05) is 6.92 Å². The van der Waals surface area contributed by atoms with E-state index in [9.17, 15) is 0 Å². The first-order chi connectivity index (χ1) is 8.26. The number of hydrogen-bond donors (Lipinski definition) is 1. The lowest BCUT2D eigenvalue weighted by Gasteiger charge is -2.14. The highest BCUT2D eigenvalue weighted by Crippen LogP contribution is 2.30. The number of unbranched alkanes of at least 4 members (excludes halogenated alkanes) is 1. The van der Waals surface area contributed by atoms with Gasteiger partial charge < -0.3 is 15.2 Å². The highest BCUT2D eigenvalue weighted by atomic mass is 16.5. The van der Waals surface area contributed by atoms with Gasteiger partial charge in [0, 0.05) is 6.07 Å². The van der Waals surface area contributed by atoms with Gasteiger partial charge >= 0.3 is 0 Å². The van der Waals surface area contributed by atoms with Crippen LogP contribution < -0.4 is 15.2 Å². The van der Waals surface area contributed by atoms with E-state index in [0.717, 1.165) is 43.7 Å². The van der Waals surface area contributed by atoms with Gasteiger partial charge in [0.15, 0.2) is 0 Å². The Labute approximate surface area is 104 Å². The highest BCUT2D eigenvalue weighted by molar-refractivity contribution is 5.46. The van der Waals surface area contributed by atoms with Gasteiger partial charge in [-0.25, -0.2) is 0 Å². The van der Waals surface area contributed by atoms with E-state index in [1.54, 1.807) is 14.2 Å². The molecule has 0 heterocycles. The third-order valence-electron chi connectivity index (χ3n) is 2.96. The van der Waals surface area contributed by atoms with E-state index in [0.29, 0.717) is 0 Å². The molecule has 0 aromatic heterocycles. The molecule has 0 saturated carbocycles. The van der Waals surface area contributed by atoms with Gasteiger partial charge in [-0.05, 0) is 49.4 Å². The molecular weight excluding hydrogens is 214 g/mol. The van der Waals surface area contributed by atoms with Crippen LogP contribution in [-0.2, 0) is 12.8 Å². The summed E-state index contributed by atoms with van der Waals surface area (Å²) in [5, 5.41) is 0. The van der Waals surface area contributed by atoms with Crippen molar-refractivity contribution in [1.29, 1.82) is 0 Å². The van der Waals surface area contributed by atoms with Gasteiger partial charge in [0.1, 0.15) is 11.5 Å². The average Bonchev–Trinajstić information content (AvgIpc) is 2.38. The fourth-order valence-corrected chi connectivity index (χ4v) is 1.97. The fraction of sp³-hybridized carbons (Fsp3) is 0.571. The summed E-state index contributed by atoms with van der Waals surface area (Å²) in [6.45, 7) is 2.88. The predicted molar refractivity (Wildman–Crippen MR) is 70.9 cm³/mol. The van der Waals surface area contributed by atoms with E-state index >= 15 is 0 Å². The van der Waals surface area contributed by atoms with Crippen molar-refractivity contribution in [2.75, 3.05) is 20.8 Å². The van der Waals surface area contributed by atoms with Crippen molar-refractivity contribution >= 4 is 0 Å². The summed E-state index contributed by atoms with van der Waals surface area (Å²) < 4.78 is 10.8. The molecule has 0 bridgehead atoms. The van der Waals surface area contributed by atoms with E-state index in [-0.39, 0.29) is 0 Å². The summed E-state index contributed by atoms with van der Waals surface area (Å²) in [6.07, 6.45) is 4.13. The van der Waals surface area contributed by atoms with Crippen LogP contribution in [0.2, 0.25) is 0 Å². The van der Waals surface area contributed by atoms with Crippen molar-refractivity contribution < 1.29 is 9.47 Å². The van der Waals surface area contributed by atoms with Crippen LogP contribution in [0.25, 0.3) is 0 Å². The Morgan fingerprint density at radius 3 is 2.18 bits per heavy atom. The molecule has 1 rings (SSSR count). The van der Waals surface area contributed by atoms with Crippen LogP contribution in [0, 0.1) is 0 Å². The summed E-state index contributed by atoms with van der Waals surface area (Å²) in [4.78, 5) is 0. The smallest absolute Gasteiger partial charge is 0.125 e. The van der Waals surface area contributed by atoms with Gasteiger partial charge in [-0.15, -0.1) is 0 Å². The summed E-state index contributed by atoms with van der Waals surface area (Å²) >= 11 is 0. The molecule has 0 radical (unpaired) electrons. The molecule has 1 aromatic rings. The normalized spacial score (nSPS) is 10.4. The third-order valence-corrected chi connectivity index (χ3v) is 2.96. The molecule has 0 unspecified atom stereocenters. The second-order valence-corrected chi connectivity index (χ2v) is 4.08. The minimum Gasteiger partial charge on any atom is -0.496 e. The van der Waals surface area contributed by atoms with Crippen LogP contribution in [0.5, 0.6) is 11.5 Å². The molecule has 0 amide bonds. The Morgan fingerprint density at radius 1 is 1.00 bits per heavy atom. The lowest BCUT2D eigenvalue weighted by Crippen LogP contribution is -2.01. The second kappa shape index (κ2) is 7.17. The molecule has 1 aromatic carbocycles. The molecule has 3 heteroatoms. The highest BCUT2D eigenvalue weighted by Gasteiger charge is 2.09. The SMILES string of the molecule is CCc1cc(CCCCN)c(OC)cc1OC. The first kappa shape index (κ1) is 13.8. The van der Waals surface area contributed by atoms with Crippen molar-refractivity contribution in [2.45, 2.75) is 32.6 Å². The Hall–Kier alpha value is -1.22. The van der Waals surface area contributed by atoms with E-state index in [1.807, 2.05) is 6.07 Å². The number of rotatable bonds is 7. The van der Waals surface area contributed by atoms with Crippen molar-refractivity contribution in [2.24, 2.45) is 5.73 Å². The van der Waals surface area contributed by atoms with Crippen molar-refractivity contribution in [3.8, 4) is 11.5 Å². The molecular formula is C14H23NO2. The fourth-order valence-electron chi connectivity index (χ4n) is 1.97. The number of benzene rings is 1. The van der Waals surface area contributed by atoms with Crippen LogP contribution in [-0.4, -0.2) is 20.8 Å². The Bertz CT molecular complexity index is 350. The molecule has 0 aliphatic heterocycles. The summed E-state index contributed by atoms with van der Waals surface area (Å²) in [5.41, 5.74) is 7.99. The van der Waals surface area contributed by atoms with Crippen LogP contribution >= 0.6 is 0 Å². The number of methoxy groups -OCH3 is 2. The zero-order valence-corrected chi connectivity index (χ0v) is 11.1. The third kappa shape index (κ3) is 3.63. The molecule has 0 fully saturated rings. The molecule has 96 valence electrons. The van der Waals surface area contributed by atoms with Crippen molar-refractivity contribution in [3.63, 3.8) is 0 Å². The van der Waals surface area contributed by atoms with E-state index in [1.165, 1.54) is 11.1 Å². The number of nitrogens with two attached hydrogens (primary N) is 1. The van der Waals surface area contributed by atoms with Crippen molar-refractivity contribution in [1.82, 2.24) is 0 Å². The molecule has 0 aliphatic rings. The Kier molecular flexibility index (Phi) is 5.84. The van der Waals surface area contributed by atoms with Gasteiger partial charge in [0.2, 0.25) is 0 Å². The summed E-state index contributed by atoms with van der Waals surface area (Å²) in [7, 11) is 3.40. The molecule has 0 atom stereocenters. The largest absolute Gasteiger partial charge is 0.496 e. The Morgan fingerprint density at radius 2 is 1.65 bits per heavy atom. The minimum atomic E-state index is 0.749. The molecule has 2 N–H and O–H groups in total. The zero-order valence-electron chi connectivity index (χ0n) is 11.1. The maximum Gasteiger partial charge on any atom is 0.125 e. The maximum atomic E-state index is 5.51. The lowest BCUT2D eigenvalue weighted by atomic mass is 10.0.